The normalized spacial score (nSPS) is 16.2. The van der Waals surface area contributed by atoms with Crippen LogP contribution in [0.25, 0.3) is 0 Å². The van der Waals surface area contributed by atoms with Gasteiger partial charge in [-0.25, -0.2) is 0 Å². The van der Waals surface area contributed by atoms with Gasteiger partial charge in [0.25, 0.3) is 11.4 Å². The zero-order chi connectivity index (χ0) is 14.9. The van der Waals surface area contributed by atoms with Gasteiger partial charge >= 0.3 is 0 Å². The second-order valence-electron chi connectivity index (χ2n) is 4.93. The molecule has 1 heterocycles. The minimum Gasteiger partial charge on any atom is -0.363 e. The molecule has 0 aliphatic carbocycles. The largest absolute Gasteiger partial charge is 0.363 e. The molecule has 0 saturated carbocycles. The zero-order valence-electron chi connectivity index (χ0n) is 11.4. The molecule has 0 atom stereocenters. The van der Waals surface area contributed by atoms with Crippen LogP contribution >= 0.6 is 0 Å². The lowest BCUT2D eigenvalue weighted by atomic mass is 10.1. The SMILES string of the molecule is Cc1cc([N+](=O)[O-])cc([N+](=O)[O-])c1N1CCN(C)CC1. The Balaban J connectivity index is 2.46. The number of nitrogens with zero attached hydrogens (tertiary/aromatic N) is 4. The van der Waals surface area contributed by atoms with Crippen LogP contribution in [0.4, 0.5) is 17.1 Å². The summed E-state index contributed by atoms with van der Waals surface area (Å²) in [5.41, 5.74) is 0.623. The highest BCUT2D eigenvalue weighted by Crippen LogP contribution is 2.36. The summed E-state index contributed by atoms with van der Waals surface area (Å²) in [6, 6.07) is 2.43. The van der Waals surface area contributed by atoms with Crippen LogP contribution < -0.4 is 4.90 Å². The van der Waals surface area contributed by atoms with Gasteiger partial charge in [-0.1, -0.05) is 0 Å². The Morgan fingerprint density at radius 1 is 1.05 bits per heavy atom. The Kier molecular flexibility index (Phi) is 3.84. The number of hydrogen-bond acceptors (Lipinski definition) is 6. The van der Waals surface area contributed by atoms with Gasteiger partial charge < -0.3 is 9.80 Å². The number of hydrogen-bond donors (Lipinski definition) is 0. The monoisotopic (exact) mass is 280 g/mol. The highest BCUT2D eigenvalue weighted by Gasteiger charge is 2.27. The molecule has 1 saturated heterocycles. The van der Waals surface area contributed by atoms with E-state index < -0.39 is 9.85 Å². The van der Waals surface area contributed by atoms with Crippen molar-refractivity contribution >= 4 is 17.1 Å². The second kappa shape index (κ2) is 5.41. The molecule has 0 unspecified atom stereocenters. The molecule has 8 nitrogen and oxygen atoms in total. The van der Waals surface area contributed by atoms with Gasteiger partial charge in [-0.2, -0.15) is 0 Å². The lowest BCUT2D eigenvalue weighted by Gasteiger charge is -2.34. The van der Waals surface area contributed by atoms with Crippen LogP contribution in [0.15, 0.2) is 12.1 Å². The molecule has 108 valence electrons. The predicted octanol–water partition coefficient (Wildman–Crippen LogP) is 1.56. The third-order valence-electron chi connectivity index (χ3n) is 3.49. The van der Waals surface area contributed by atoms with E-state index in [4.69, 9.17) is 0 Å². The summed E-state index contributed by atoms with van der Waals surface area (Å²) in [6.07, 6.45) is 0. The van der Waals surface area contributed by atoms with E-state index in [0.717, 1.165) is 19.2 Å². The van der Waals surface area contributed by atoms with E-state index in [1.165, 1.54) is 6.07 Å². The molecule has 0 aromatic heterocycles. The van der Waals surface area contributed by atoms with Gasteiger partial charge in [-0.15, -0.1) is 0 Å². The number of benzene rings is 1. The fraction of sp³-hybridized carbons (Fsp3) is 0.500. The molecule has 0 spiro atoms. The maximum Gasteiger partial charge on any atom is 0.299 e. The van der Waals surface area contributed by atoms with Crippen LogP contribution in [0.3, 0.4) is 0 Å². The smallest absolute Gasteiger partial charge is 0.299 e. The number of nitro benzene ring substituents is 2. The minimum atomic E-state index is -0.603. The van der Waals surface area contributed by atoms with E-state index in [9.17, 15) is 20.2 Å². The number of non-ortho nitro benzene ring substituents is 1. The van der Waals surface area contributed by atoms with Crippen molar-refractivity contribution in [3.05, 3.63) is 37.9 Å². The second-order valence-corrected chi connectivity index (χ2v) is 4.93. The average molecular weight is 280 g/mol. The Hall–Kier alpha value is -2.22. The van der Waals surface area contributed by atoms with Gasteiger partial charge in [0.15, 0.2) is 0 Å². The first kappa shape index (κ1) is 14.2. The lowest BCUT2D eigenvalue weighted by molar-refractivity contribution is -0.393. The maximum atomic E-state index is 11.2. The van der Waals surface area contributed by atoms with Crippen molar-refractivity contribution in [3.63, 3.8) is 0 Å². The molecule has 2 rings (SSSR count). The Bertz CT molecular complexity index is 553. The van der Waals surface area contributed by atoms with Crippen molar-refractivity contribution in [1.82, 2.24) is 4.90 Å². The molecule has 1 aromatic rings. The number of likely N-dealkylation sites (N-methyl/N-ethyl adjacent to an activating group) is 1. The number of anilines is 1. The fourth-order valence-electron chi connectivity index (χ4n) is 2.43. The van der Waals surface area contributed by atoms with Gasteiger partial charge in [-0.05, 0) is 19.5 Å². The number of nitro groups is 2. The average Bonchev–Trinajstić information content (AvgIpc) is 2.39. The standard InChI is InChI=1S/C12H16N4O4/c1-9-7-10(15(17)18)8-11(16(19)20)12(9)14-5-3-13(2)4-6-14/h7-8H,3-6H2,1-2H3. The molecule has 0 N–H and O–H groups in total. The van der Waals surface area contributed by atoms with Gasteiger partial charge in [0.2, 0.25) is 0 Å². The van der Waals surface area contributed by atoms with E-state index in [-0.39, 0.29) is 11.4 Å². The van der Waals surface area contributed by atoms with Crippen LogP contribution in [-0.4, -0.2) is 48.0 Å². The minimum absolute atomic E-state index is 0.193. The van der Waals surface area contributed by atoms with Crippen molar-refractivity contribution in [1.29, 1.82) is 0 Å². The number of piperazine rings is 1. The molecular formula is C12H16N4O4. The molecule has 1 aliphatic heterocycles. The van der Waals surface area contributed by atoms with Gasteiger partial charge in [0, 0.05) is 32.2 Å². The van der Waals surface area contributed by atoms with E-state index >= 15 is 0 Å². The lowest BCUT2D eigenvalue weighted by Crippen LogP contribution is -2.45. The molecule has 0 bridgehead atoms. The van der Waals surface area contributed by atoms with Crippen molar-refractivity contribution in [2.45, 2.75) is 6.92 Å². The van der Waals surface area contributed by atoms with E-state index in [1.807, 2.05) is 11.9 Å². The van der Waals surface area contributed by atoms with Crippen molar-refractivity contribution < 1.29 is 9.85 Å². The Morgan fingerprint density at radius 3 is 2.15 bits per heavy atom. The molecule has 1 aliphatic rings. The van der Waals surface area contributed by atoms with E-state index in [2.05, 4.69) is 4.90 Å². The summed E-state index contributed by atoms with van der Waals surface area (Å²) in [4.78, 5) is 24.9. The summed E-state index contributed by atoms with van der Waals surface area (Å²) < 4.78 is 0. The molecular weight excluding hydrogens is 264 g/mol. The first-order valence-corrected chi connectivity index (χ1v) is 6.27. The van der Waals surface area contributed by atoms with E-state index in [1.54, 1.807) is 6.92 Å². The number of aryl methyl sites for hydroxylation is 1. The highest BCUT2D eigenvalue weighted by atomic mass is 16.6. The Morgan fingerprint density at radius 2 is 1.65 bits per heavy atom. The summed E-state index contributed by atoms with van der Waals surface area (Å²) in [5, 5.41) is 22.0. The maximum absolute atomic E-state index is 11.2. The molecule has 0 radical (unpaired) electrons. The summed E-state index contributed by atoms with van der Waals surface area (Å²) in [7, 11) is 1.99. The van der Waals surface area contributed by atoms with E-state index in [0.29, 0.717) is 24.3 Å². The quantitative estimate of drug-likeness (QED) is 0.616. The summed E-state index contributed by atoms with van der Waals surface area (Å²) in [5.74, 6) is 0. The molecule has 0 amide bonds. The van der Waals surface area contributed by atoms with Crippen LogP contribution in [-0.2, 0) is 0 Å². The third kappa shape index (κ3) is 2.69. The Labute approximate surface area is 115 Å². The topological polar surface area (TPSA) is 92.8 Å². The van der Waals surface area contributed by atoms with Crippen molar-refractivity contribution in [2.75, 3.05) is 38.1 Å². The first-order chi connectivity index (χ1) is 9.40. The van der Waals surface area contributed by atoms with Crippen molar-refractivity contribution in [2.24, 2.45) is 0 Å². The van der Waals surface area contributed by atoms with Gasteiger partial charge in [0.1, 0.15) is 5.69 Å². The van der Waals surface area contributed by atoms with Gasteiger partial charge in [0.05, 0.1) is 15.9 Å². The predicted molar refractivity (Wildman–Crippen MR) is 74.2 cm³/mol. The first-order valence-electron chi connectivity index (χ1n) is 6.27. The summed E-state index contributed by atoms with van der Waals surface area (Å²) >= 11 is 0. The zero-order valence-corrected chi connectivity index (χ0v) is 11.4. The van der Waals surface area contributed by atoms with Crippen LogP contribution in [0.1, 0.15) is 5.56 Å². The van der Waals surface area contributed by atoms with Crippen molar-refractivity contribution in [3.8, 4) is 0 Å². The summed E-state index contributed by atoms with van der Waals surface area (Å²) in [6.45, 7) is 4.65. The third-order valence-corrected chi connectivity index (χ3v) is 3.49. The van der Waals surface area contributed by atoms with Gasteiger partial charge in [-0.3, -0.25) is 20.2 Å². The van der Waals surface area contributed by atoms with Crippen LogP contribution in [0.2, 0.25) is 0 Å². The number of rotatable bonds is 3. The molecule has 1 aromatic carbocycles. The molecule has 8 heteroatoms. The highest BCUT2D eigenvalue weighted by molar-refractivity contribution is 5.71. The molecule has 20 heavy (non-hydrogen) atoms. The molecule has 1 fully saturated rings. The van der Waals surface area contributed by atoms with Crippen LogP contribution in [0, 0.1) is 27.2 Å². The fourth-order valence-corrected chi connectivity index (χ4v) is 2.43. The van der Waals surface area contributed by atoms with Crippen LogP contribution in [0.5, 0.6) is 0 Å².